The van der Waals surface area contributed by atoms with Crippen LogP contribution in [0, 0.1) is 13.8 Å². The van der Waals surface area contributed by atoms with Gasteiger partial charge in [-0.2, -0.15) is 0 Å². The van der Waals surface area contributed by atoms with E-state index in [4.69, 9.17) is 11.6 Å². The van der Waals surface area contributed by atoms with Crippen molar-refractivity contribution in [2.24, 2.45) is 0 Å². The monoisotopic (exact) mass is 414 g/mol. The molecule has 0 atom stereocenters. The van der Waals surface area contributed by atoms with Crippen LogP contribution >= 0.6 is 11.6 Å². The van der Waals surface area contributed by atoms with E-state index >= 15 is 0 Å². The van der Waals surface area contributed by atoms with Crippen molar-refractivity contribution in [2.75, 3.05) is 10.0 Å². The Labute approximate surface area is 169 Å². The standard InChI is InChI=1S/C21H19ClN2O3S/c1-14-5-3-8-20(15(14)2)23-21(25)16-6-4-7-19(13-16)28(26,27)24-18-11-9-17(22)10-12-18/h3-13,24H,1-2H3,(H,23,25). The average molecular weight is 415 g/mol. The highest BCUT2D eigenvalue weighted by atomic mass is 35.5. The summed E-state index contributed by atoms with van der Waals surface area (Å²) < 4.78 is 27.8. The minimum Gasteiger partial charge on any atom is -0.322 e. The molecule has 3 aromatic rings. The molecule has 28 heavy (non-hydrogen) atoms. The number of hydrogen-bond donors (Lipinski definition) is 2. The number of nitrogens with one attached hydrogen (secondary N) is 2. The molecule has 0 saturated carbocycles. The van der Waals surface area contributed by atoms with E-state index < -0.39 is 10.0 Å². The van der Waals surface area contributed by atoms with E-state index in [9.17, 15) is 13.2 Å². The van der Waals surface area contributed by atoms with Crippen LogP contribution in [-0.2, 0) is 10.0 Å². The molecule has 1 amide bonds. The zero-order chi connectivity index (χ0) is 20.3. The highest BCUT2D eigenvalue weighted by Gasteiger charge is 2.17. The maximum Gasteiger partial charge on any atom is 0.261 e. The minimum atomic E-state index is -3.84. The number of benzene rings is 3. The second kappa shape index (κ2) is 8.04. The van der Waals surface area contributed by atoms with Crippen LogP contribution in [0.1, 0.15) is 21.5 Å². The minimum absolute atomic E-state index is 0.00364. The number of carbonyl (C=O) groups excluding carboxylic acids is 1. The van der Waals surface area contributed by atoms with Crippen LogP contribution in [0.25, 0.3) is 0 Å². The van der Waals surface area contributed by atoms with Crippen LogP contribution in [0.3, 0.4) is 0 Å². The van der Waals surface area contributed by atoms with E-state index in [1.54, 1.807) is 30.3 Å². The average Bonchev–Trinajstić information content (AvgIpc) is 2.67. The molecule has 3 rings (SSSR count). The third kappa shape index (κ3) is 4.52. The van der Waals surface area contributed by atoms with Crippen molar-refractivity contribution in [3.63, 3.8) is 0 Å². The molecule has 3 aromatic carbocycles. The summed E-state index contributed by atoms with van der Waals surface area (Å²) in [5.41, 5.74) is 3.34. The maximum absolute atomic E-state index is 12.6. The third-order valence-corrected chi connectivity index (χ3v) is 5.99. The van der Waals surface area contributed by atoms with Crippen molar-refractivity contribution in [3.8, 4) is 0 Å². The summed E-state index contributed by atoms with van der Waals surface area (Å²) in [6.07, 6.45) is 0. The van der Waals surface area contributed by atoms with Gasteiger partial charge in [-0.1, -0.05) is 29.8 Å². The van der Waals surface area contributed by atoms with Gasteiger partial charge in [0.15, 0.2) is 0 Å². The lowest BCUT2D eigenvalue weighted by molar-refractivity contribution is 0.102. The molecule has 0 fully saturated rings. The molecule has 7 heteroatoms. The topological polar surface area (TPSA) is 75.3 Å². The van der Waals surface area contributed by atoms with Gasteiger partial charge in [-0.15, -0.1) is 0 Å². The van der Waals surface area contributed by atoms with E-state index in [0.717, 1.165) is 11.1 Å². The number of hydrogen-bond acceptors (Lipinski definition) is 3. The second-order valence-corrected chi connectivity index (χ2v) is 8.46. The first-order valence-corrected chi connectivity index (χ1v) is 10.4. The molecule has 0 heterocycles. The summed E-state index contributed by atoms with van der Waals surface area (Å²) in [6.45, 7) is 3.88. The molecule has 2 N–H and O–H groups in total. The molecule has 0 aliphatic carbocycles. The molecule has 0 aromatic heterocycles. The molecular formula is C21H19ClN2O3S. The van der Waals surface area contributed by atoms with E-state index in [2.05, 4.69) is 10.0 Å². The van der Waals surface area contributed by atoms with Gasteiger partial charge in [-0.3, -0.25) is 9.52 Å². The lowest BCUT2D eigenvalue weighted by Gasteiger charge is -2.12. The lowest BCUT2D eigenvalue weighted by atomic mass is 10.1. The van der Waals surface area contributed by atoms with Gasteiger partial charge in [0, 0.05) is 22.0 Å². The Morgan fingerprint density at radius 2 is 1.61 bits per heavy atom. The maximum atomic E-state index is 12.6. The first-order chi connectivity index (χ1) is 13.3. The summed E-state index contributed by atoms with van der Waals surface area (Å²) in [4.78, 5) is 12.6. The Bertz CT molecular complexity index is 1130. The fraction of sp³-hybridized carbons (Fsp3) is 0.0952. The van der Waals surface area contributed by atoms with Crippen molar-refractivity contribution in [2.45, 2.75) is 18.7 Å². The van der Waals surface area contributed by atoms with Crippen LogP contribution in [0.5, 0.6) is 0 Å². The van der Waals surface area contributed by atoms with E-state index in [0.29, 0.717) is 16.4 Å². The largest absolute Gasteiger partial charge is 0.322 e. The predicted molar refractivity (Wildman–Crippen MR) is 113 cm³/mol. The lowest BCUT2D eigenvalue weighted by Crippen LogP contribution is -2.16. The number of halogens is 1. The Balaban J connectivity index is 1.83. The van der Waals surface area contributed by atoms with Gasteiger partial charge in [0.1, 0.15) is 0 Å². The van der Waals surface area contributed by atoms with Gasteiger partial charge in [-0.25, -0.2) is 8.42 Å². The quantitative estimate of drug-likeness (QED) is 0.616. The SMILES string of the molecule is Cc1cccc(NC(=O)c2cccc(S(=O)(=O)Nc3ccc(Cl)cc3)c2)c1C. The zero-order valence-corrected chi connectivity index (χ0v) is 16.9. The summed E-state index contributed by atoms with van der Waals surface area (Å²) >= 11 is 5.82. The molecule has 0 radical (unpaired) electrons. The highest BCUT2D eigenvalue weighted by molar-refractivity contribution is 7.92. The molecular weight excluding hydrogens is 396 g/mol. The number of rotatable bonds is 5. The van der Waals surface area contributed by atoms with Crippen LogP contribution < -0.4 is 10.0 Å². The van der Waals surface area contributed by atoms with Gasteiger partial charge in [-0.05, 0) is 73.5 Å². The van der Waals surface area contributed by atoms with Crippen molar-refractivity contribution in [1.29, 1.82) is 0 Å². The molecule has 0 aliphatic rings. The van der Waals surface area contributed by atoms with Crippen molar-refractivity contribution >= 4 is 38.9 Å². The first-order valence-electron chi connectivity index (χ1n) is 8.52. The van der Waals surface area contributed by atoms with Gasteiger partial charge < -0.3 is 5.32 Å². The smallest absolute Gasteiger partial charge is 0.261 e. The van der Waals surface area contributed by atoms with E-state index in [1.807, 2.05) is 32.0 Å². The van der Waals surface area contributed by atoms with E-state index in [1.165, 1.54) is 18.2 Å². The molecule has 0 aliphatic heterocycles. The molecule has 144 valence electrons. The zero-order valence-electron chi connectivity index (χ0n) is 15.4. The molecule has 5 nitrogen and oxygen atoms in total. The van der Waals surface area contributed by atoms with Gasteiger partial charge >= 0.3 is 0 Å². The number of aryl methyl sites for hydroxylation is 1. The Kier molecular flexibility index (Phi) is 5.72. The van der Waals surface area contributed by atoms with Crippen LogP contribution in [-0.4, -0.2) is 14.3 Å². The molecule has 0 bridgehead atoms. The fourth-order valence-corrected chi connectivity index (χ4v) is 3.85. The number of carbonyl (C=O) groups is 1. The predicted octanol–water partition coefficient (Wildman–Crippen LogP) is 5.01. The van der Waals surface area contributed by atoms with Gasteiger partial charge in [0.25, 0.3) is 15.9 Å². The molecule has 0 spiro atoms. The Morgan fingerprint density at radius 3 is 2.32 bits per heavy atom. The first kappa shape index (κ1) is 19.9. The summed E-state index contributed by atoms with van der Waals surface area (Å²) in [6, 6.07) is 17.8. The van der Waals surface area contributed by atoms with Crippen molar-refractivity contribution in [3.05, 3.63) is 88.4 Å². The van der Waals surface area contributed by atoms with Crippen molar-refractivity contribution < 1.29 is 13.2 Å². The normalized spacial score (nSPS) is 11.1. The summed E-state index contributed by atoms with van der Waals surface area (Å²) in [7, 11) is -3.84. The fourth-order valence-electron chi connectivity index (χ4n) is 2.62. The van der Waals surface area contributed by atoms with Crippen molar-refractivity contribution in [1.82, 2.24) is 0 Å². The van der Waals surface area contributed by atoms with E-state index in [-0.39, 0.29) is 16.4 Å². The van der Waals surface area contributed by atoms with Gasteiger partial charge in [0.2, 0.25) is 0 Å². The summed E-state index contributed by atoms with van der Waals surface area (Å²) in [5, 5.41) is 3.34. The van der Waals surface area contributed by atoms with Crippen LogP contribution in [0.2, 0.25) is 5.02 Å². The number of anilines is 2. The Morgan fingerprint density at radius 1 is 0.929 bits per heavy atom. The molecule has 0 unspecified atom stereocenters. The van der Waals surface area contributed by atoms with Gasteiger partial charge in [0.05, 0.1) is 4.90 Å². The van der Waals surface area contributed by atoms with Crippen LogP contribution in [0.15, 0.2) is 71.6 Å². The number of amides is 1. The second-order valence-electron chi connectivity index (χ2n) is 6.34. The highest BCUT2D eigenvalue weighted by Crippen LogP contribution is 2.21. The summed E-state index contributed by atoms with van der Waals surface area (Å²) in [5.74, 6) is -0.378. The Hall–Kier alpha value is -2.83. The third-order valence-electron chi connectivity index (χ3n) is 4.36. The van der Waals surface area contributed by atoms with Crippen LogP contribution in [0.4, 0.5) is 11.4 Å². The molecule has 0 saturated heterocycles. The number of sulfonamides is 1.